The molecule has 0 bridgehead atoms. The second-order valence-electron chi connectivity index (χ2n) is 5.78. The maximum Gasteiger partial charge on any atom is 0.0861 e. The van der Waals surface area contributed by atoms with Crippen molar-refractivity contribution in [1.82, 2.24) is 0 Å². The molecule has 0 fully saturated rings. The fourth-order valence-electron chi connectivity index (χ4n) is 3.11. The van der Waals surface area contributed by atoms with Gasteiger partial charge in [-0.25, -0.2) is 0 Å². The van der Waals surface area contributed by atoms with Crippen LogP contribution in [0, 0.1) is 13.8 Å². The van der Waals surface area contributed by atoms with Gasteiger partial charge in [0.1, 0.15) is 0 Å². The lowest BCUT2D eigenvalue weighted by Gasteiger charge is -2.34. The minimum absolute atomic E-state index is 0.332. The molecule has 2 aromatic carbocycles. The molecule has 0 aromatic heterocycles. The van der Waals surface area contributed by atoms with Crippen molar-refractivity contribution in [3.63, 3.8) is 0 Å². The van der Waals surface area contributed by atoms with Crippen molar-refractivity contribution in [2.45, 2.75) is 31.8 Å². The van der Waals surface area contributed by atoms with E-state index in [1.165, 1.54) is 22.3 Å². The fourth-order valence-corrected chi connectivity index (χ4v) is 3.11. The normalized spacial score (nSPS) is 20.2. The Labute approximate surface area is 120 Å². The van der Waals surface area contributed by atoms with Crippen LogP contribution in [0.25, 0.3) is 0 Å². The third kappa shape index (κ3) is 1.99. The average Bonchev–Trinajstić information content (AvgIpc) is 2.83. The van der Waals surface area contributed by atoms with Crippen molar-refractivity contribution < 1.29 is 5.11 Å². The summed E-state index contributed by atoms with van der Waals surface area (Å²) in [5, 5.41) is 10.6. The Morgan fingerprint density at radius 3 is 1.65 bits per heavy atom. The number of aryl methyl sites for hydroxylation is 2. The Hall–Kier alpha value is -1.86. The standard InChI is InChI=1S/C19H20O/c1-14-5-9-16(10-6-14)19(13-3-4-18(19)20)17-11-7-15(2)8-12-17/h3-12,18,20H,13H2,1-2H3. The van der Waals surface area contributed by atoms with Gasteiger partial charge < -0.3 is 5.11 Å². The van der Waals surface area contributed by atoms with Gasteiger partial charge in [0, 0.05) is 0 Å². The molecule has 2 aromatic rings. The first kappa shape index (κ1) is 13.1. The lowest BCUT2D eigenvalue weighted by molar-refractivity contribution is 0.159. The van der Waals surface area contributed by atoms with E-state index in [1.54, 1.807) is 0 Å². The lowest BCUT2D eigenvalue weighted by Crippen LogP contribution is -2.36. The first-order valence-corrected chi connectivity index (χ1v) is 7.12. The van der Waals surface area contributed by atoms with E-state index in [0.29, 0.717) is 0 Å². The molecule has 1 aliphatic rings. The summed E-state index contributed by atoms with van der Waals surface area (Å²) in [6.45, 7) is 4.18. The molecule has 0 spiro atoms. The summed E-state index contributed by atoms with van der Waals surface area (Å²) >= 11 is 0. The van der Waals surface area contributed by atoms with Crippen molar-refractivity contribution in [1.29, 1.82) is 0 Å². The van der Waals surface area contributed by atoms with E-state index in [-0.39, 0.29) is 5.41 Å². The Morgan fingerprint density at radius 2 is 1.30 bits per heavy atom. The van der Waals surface area contributed by atoms with Gasteiger partial charge in [-0.05, 0) is 31.4 Å². The number of allylic oxidation sites excluding steroid dienone is 1. The summed E-state index contributed by atoms with van der Waals surface area (Å²) in [7, 11) is 0. The summed E-state index contributed by atoms with van der Waals surface area (Å²) in [6, 6.07) is 17.1. The third-order valence-corrected chi connectivity index (χ3v) is 4.40. The van der Waals surface area contributed by atoms with Crippen molar-refractivity contribution >= 4 is 0 Å². The zero-order valence-corrected chi connectivity index (χ0v) is 12.0. The minimum atomic E-state index is -0.465. The molecule has 1 nitrogen and oxygen atoms in total. The van der Waals surface area contributed by atoms with E-state index >= 15 is 0 Å². The maximum absolute atomic E-state index is 10.6. The van der Waals surface area contributed by atoms with Crippen LogP contribution in [0.5, 0.6) is 0 Å². The maximum atomic E-state index is 10.6. The molecule has 3 rings (SSSR count). The van der Waals surface area contributed by atoms with Crippen molar-refractivity contribution in [2.24, 2.45) is 0 Å². The Morgan fingerprint density at radius 1 is 0.850 bits per heavy atom. The van der Waals surface area contributed by atoms with Crippen LogP contribution in [0.4, 0.5) is 0 Å². The van der Waals surface area contributed by atoms with Gasteiger partial charge in [0.05, 0.1) is 11.5 Å². The summed E-state index contributed by atoms with van der Waals surface area (Å²) in [4.78, 5) is 0. The molecular formula is C19H20O. The highest BCUT2D eigenvalue weighted by atomic mass is 16.3. The third-order valence-electron chi connectivity index (χ3n) is 4.40. The molecule has 1 atom stereocenters. The van der Waals surface area contributed by atoms with Gasteiger partial charge in [-0.15, -0.1) is 0 Å². The van der Waals surface area contributed by atoms with Crippen LogP contribution in [-0.2, 0) is 5.41 Å². The van der Waals surface area contributed by atoms with Crippen molar-refractivity contribution in [3.05, 3.63) is 82.9 Å². The van der Waals surface area contributed by atoms with Gasteiger partial charge in [-0.1, -0.05) is 71.8 Å². The van der Waals surface area contributed by atoms with E-state index < -0.39 is 6.10 Å². The van der Waals surface area contributed by atoms with E-state index in [9.17, 15) is 5.11 Å². The van der Waals surface area contributed by atoms with E-state index in [4.69, 9.17) is 0 Å². The monoisotopic (exact) mass is 264 g/mol. The topological polar surface area (TPSA) is 20.2 Å². The van der Waals surface area contributed by atoms with Crippen molar-refractivity contribution in [3.8, 4) is 0 Å². The summed E-state index contributed by atoms with van der Waals surface area (Å²) in [6.07, 6.45) is 4.39. The van der Waals surface area contributed by atoms with Crippen molar-refractivity contribution in [2.75, 3.05) is 0 Å². The van der Waals surface area contributed by atoms with Gasteiger partial charge in [-0.3, -0.25) is 0 Å². The average molecular weight is 264 g/mol. The van der Waals surface area contributed by atoms with Gasteiger partial charge >= 0.3 is 0 Å². The van der Waals surface area contributed by atoms with Crippen LogP contribution >= 0.6 is 0 Å². The number of rotatable bonds is 2. The number of hydrogen-bond acceptors (Lipinski definition) is 1. The second-order valence-corrected chi connectivity index (χ2v) is 5.78. The largest absolute Gasteiger partial charge is 0.388 e. The molecule has 0 amide bonds. The van der Waals surface area contributed by atoms with Crippen LogP contribution in [-0.4, -0.2) is 11.2 Å². The molecule has 0 aliphatic heterocycles. The molecule has 1 unspecified atom stereocenters. The molecule has 1 heteroatoms. The quantitative estimate of drug-likeness (QED) is 0.815. The molecule has 0 radical (unpaired) electrons. The van der Waals surface area contributed by atoms with Gasteiger partial charge in [0.2, 0.25) is 0 Å². The lowest BCUT2D eigenvalue weighted by atomic mass is 9.71. The molecule has 1 N–H and O–H groups in total. The molecule has 1 aliphatic carbocycles. The molecule has 102 valence electrons. The predicted octanol–water partition coefficient (Wildman–Crippen LogP) is 3.91. The number of benzene rings is 2. The van der Waals surface area contributed by atoms with Gasteiger partial charge in [0.25, 0.3) is 0 Å². The highest BCUT2D eigenvalue weighted by molar-refractivity contribution is 5.46. The first-order valence-electron chi connectivity index (χ1n) is 7.12. The van der Waals surface area contributed by atoms with Crippen LogP contribution in [0.1, 0.15) is 28.7 Å². The molecule has 0 heterocycles. The van der Waals surface area contributed by atoms with Gasteiger partial charge in [-0.2, -0.15) is 0 Å². The highest BCUT2D eigenvalue weighted by Gasteiger charge is 2.42. The molecule has 20 heavy (non-hydrogen) atoms. The summed E-state index contributed by atoms with van der Waals surface area (Å²) < 4.78 is 0. The Kier molecular flexibility index (Phi) is 3.23. The second kappa shape index (κ2) is 4.92. The molecular weight excluding hydrogens is 244 g/mol. The number of aliphatic hydroxyl groups excluding tert-OH is 1. The van der Waals surface area contributed by atoms with Crippen LogP contribution in [0.15, 0.2) is 60.7 Å². The Balaban J connectivity index is 2.15. The Bertz CT molecular complexity index is 574. The fraction of sp³-hybridized carbons (Fsp3) is 0.263. The molecule has 0 saturated carbocycles. The van der Waals surface area contributed by atoms with E-state index in [2.05, 4.69) is 68.5 Å². The van der Waals surface area contributed by atoms with Crippen LogP contribution in [0.2, 0.25) is 0 Å². The summed E-state index contributed by atoms with van der Waals surface area (Å²) in [5.74, 6) is 0. The number of hydrogen-bond donors (Lipinski definition) is 1. The van der Waals surface area contributed by atoms with Crippen LogP contribution < -0.4 is 0 Å². The van der Waals surface area contributed by atoms with Gasteiger partial charge in [0.15, 0.2) is 0 Å². The van der Waals surface area contributed by atoms with Crippen LogP contribution in [0.3, 0.4) is 0 Å². The number of aliphatic hydroxyl groups is 1. The zero-order valence-electron chi connectivity index (χ0n) is 12.0. The van der Waals surface area contributed by atoms with E-state index in [0.717, 1.165) is 6.42 Å². The van der Waals surface area contributed by atoms with E-state index in [1.807, 2.05) is 6.08 Å². The molecule has 0 saturated heterocycles. The minimum Gasteiger partial charge on any atom is -0.388 e. The smallest absolute Gasteiger partial charge is 0.0861 e. The predicted molar refractivity (Wildman–Crippen MR) is 82.9 cm³/mol. The SMILES string of the molecule is Cc1ccc(C2(c3ccc(C)cc3)CC=CC2O)cc1. The zero-order chi connectivity index (χ0) is 14.2. The first-order chi connectivity index (χ1) is 9.63. The summed E-state index contributed by atoms with van der Waals surface area (Å²) in [5.41, 5.74) is 4.52. The highest BCUT2D eigenvalue weighted by Crippen LogP contribution is 2.43.